The predicted octanol–water partition coefficient (Wildman–Crippen LogP) is 18.6. The molecule has 2 saturated carbocycles. The van der Waals surface area contributed by atoms with E-state index in [0.717, 1.165) is 44.9 Å². The van der Waals surface area contributed by atoms with Crippen LogP contribution in [0, 0.1) is 23.7 Å². The quantitative estimate of drug-likeness (QED) is 0.130. The van der Waals surface area contributed by atoms with Crippen LogP contribution in [-0.2, 0) is 12.8 Å². The lowest BCUT2D eigenvalue weighted by atomic mass is 9.68. The van der Waals surface area contributed by atoms with Gasteiger partial charge in [0.1, 0.15) is 0 Å². The number of nitrogens with zero attached hydrogens (tertiary/aromatic N) is 2. The zero-order valence-electron chi connectivity index (χ0n) is 44.2. The summed E-state index contributed by atoms with van der Waals surface area (Å²) in [6.45, 7) is 13.8. The fourth-order valence-corrected chi connectivity index (χ4v) is 15.1. The first-order valence-electron chi connectivity index (χ1n) is 29.0. The summed E-state index contributed by atoms with van der Waals surface area (Å²) in [6.07, 6.45) is 71.2. The van der Waals surface area contributed by atoms with E-state index >= 15 is 0 Å². The Morgan fingerprint density at radius 2 is 1.52 bits per heavy atom. The fraction of sp³-hybridized carbons (Fsp3) is 0.478. The second-order valence-corrected chi connectivity index (χ2v) is 22.4. The molecule has 0 saturated heterocycles. The van der Waals surface area contributed by atoms with Gasteiger partial charge in [0.05, 0.1) is 18.1 Å². The van der Waals surface area contributed by atoms with Gasteiger partial charge in [0, 0.05) is 28.9 Å². The van der Waals surface area contributed by atoms with Gasteiger partial charge < -0.3 is 9.80 Å². The van der Waals surface area contributed by atoms with E-state index in [-0.39, 0.29) is 12.1 Å². The molecule has 2 fully saturated rings. The number of anilines is 1. The van der Waals surface area contributed by atoms with Gasteiger partial charge >= 0.3 is 0 Å². The first-order valence-corrected chi connectivity index (χ1v) is 29.0. The molecule has 7 unspecified atom stereocenters. The van der Waals surface area contributed by atoms with Crippen LogP contribution in [0.4, 0.5) is 5.69 Å². The molecule has 71 heavy (non-hydrogen) atoms. The largest absolute Gasteiger partial charge is 0.361 e. The normalized spacial score (nSPS) is 28.1. The Labute approximate surface area is 430 Å². The van der Waals surface area contributed by atoms with Crippen LogP contribution in [0.15, 0.2) is 151 Å². The van der Waals surface area contributed by atoms with Crippen LogP contribution in [0.5, 0.6) is 0 Å². The van der Waals surface area contributed by atoms with Gasteiger partial charge in [-0.1, -0.05) is 200 Å². The van der Waals surface area contributed by atoms with Crippen molar-refractivity contribution in [3.8, 4) is 0 Å². The van der Waals surface area contributed by atoms with Crippen LogP contribution in [0.2, 0.25) is 0 Å². The molecule has 0 amide bonds. The van der Waals surface area contributed by atoms with E-state index in [1.165, 1.54) is 106 Å². The Hall–Kier alpha value is -5.08. The molecule has 7 atom stereocenters. The van der Waals surface area contributed by atoms with Crippen molar-refractivity contribution in [2.75, 3.05) is 4.90 Å². The summed E-state index contributed by atoms with van der Waals surface area (Å²) < 4.78 is 0. The molecule has 8 aliphatic carbocycles. The molecule has 10 rings (SSSR count). The fourth-order valence-electron chi connectivity index (χ4n) is 15.1. The second kappa shape index (κ2) is 23.2. The molecule has 372 valence electrons. The molecule has 2 aromatic rings. The molecule has 0 N–H and O–H groups in total. The van der Waals surface area contributed by atoms with E-state index in [2.05, 4.69) is 184 Å². The highest BCUT2D eigenvalue weighted by molar-refractivity contribution is 5.80. The molecule has 0 spiro atoms. The maximum absolute atomic E-state index is 4.39. The van der Waals surface area contributed by atoms with E-state index in [0.29, 0.717) is 41.5 Å². The molecule has 0 heterocycles. The van der Waals surface area contributed by atoms with Crippen LogP contribution in [0.25, 0.3) is 18.2 Å². The van der Waals surface area contributed by atoms with Crippen molar-refractivity contribution in [3.63, 3.8) is 0 Å². The van der Waals surface area contributed by atoms with Gasteiger partial charge in [-0.15, -0.1) is 0 Å². The molecule has 0 radical (unpaired) electrons. The van der Waals surface area contributed by atoms with Gasteiger partial charge in [0.2, 0.25) is 0 Å². The molecular formula is C69H86N2. The minimum atomic E-state index is 0.198. The molecule has 2 nitrogen and oxygen atoms in total. The first kappa shape index (κ1) is 49.5. The van der Waals surface area contributed by atoms with E-state index in [9.17, 15) is 0 Å². The third-order valence-corrected chi connectivity index (χ3v) is 18.4. The van der Waals surface area contributed by atoms with Gasteiger partial charge in [0.15, 0.2) is 0 Å². The van der Waals surface area contributed by atoms with Crippen LogP contribution in [-0.4, -0.2) is 23.0 Å². The number of allylic oxidation sites excluding steroid dienone is 15. The number of hydrogen-bond donors (Lipinski definition) is 0. The van der Waals surface area contributed by atoms with Crippen molar-refractivity contribution in [1.29, 1.82) is 0 Å². The Kier molecular flexibility index (Phi) is 16.2. The highest BCUT2D eigenvalue weighted by Crippen LogP contribution is 2.52. The standard InChI is InChI=1S/C69H86N2/c1-6-11-14-30-52-31-21-24-40-65(52)71(66-41-25-36-50(9-4)57(66)27-7-2)56-44-46-61-63(48-56)69(54-34-17-13-18-35-54)62-47-55(43-45-60(62)68(61)53-32-15-12-16-33-53)70(64(10-5)58-38-22-19-28-49(58)8-3)67-42-26-37-51-29-20-23-39-59(51)67/h6,9,11,14,20-26,29-31,36,38-43,45,48-49,51,53-55,57,59,66-67H,4,7-8,10,12-13,15-19,27-28,32-35,37,44,46-47H2,1-3,5H3/b11-6-,30-14-,64-58+. The first-order chi connectivity index (χ1) is 35.1. The molecular weight excluding hydrogens is 857 g/mol. The van der Waals surface area contributed by atoms with Crippen molar-refractivity contribution >= 4 is 23.9 Å². The zero-order valence-corrected chi connectivity index (χ0v) is 44.2. The Morgan fingerprint density at radius 1 is 0.746 bits per heavy atom. The molecule has 2 heteroatoms. The molecule has 0 aromatic heterocycles. The van der Waals surface area contributed by atoms with Gasteiger partial charge in [-0.2, -0.15) is 0 Å². The second-order valence-electron chi connectivity index (χ2n) is 22.4. The Morgan fingerprint density at radius 3 is 2.27 bits per heavy atom. The molecule has 2 aromatic carbocycles. The van der Waals surface area contributed by atoms with Crippen molar-refractivity contribution in [2.24, 2.45) is 23.7 Å². The third kappa shape index (κ3) is 10.0. The topological polar surface area (TPSA) is 6.48 Å². The maximum Gasteiger partial charge on any atom is 0.0590 e. The Bertz CT molecular complexity index is 2580. The predicted molar refractivity (Wildman–Crippen MR) is 307 cm³/mol. The summed E-state index contributed by atoms with van der Waals surface area (Å²) in [6, 6.07) is 10.1. The number of fused-ring (bicyclic) bond motifs is 3. The summed E-state index contributed by atoms with van der Waals surface area (Å²) in [5, 5.41) is 0. The van der Waals surface area contributed by atoms with Crippen molar-refractivity contribution < 1.29 is 0 Å². The smallest absolute Gasteiger partial charge is 0.0590 e. The summed E-state index contributed by atoms with van der Waals surface area (Å²) in [5.74, 6) is 3.23. The van der Waals surface area contributed by atoms with Gasteiger partial charge in [-0.3, -0.25) is 0 Å². The highest BCUT2D eigenvalue weighted by atomic mass is 15.2. The van der Waals surface area contributed by atoms with Crippen LogP contribution in [0.3, 0.4) is 0 Å². The van der Waals surface area contributed by atoms with Gasteiger partial charge in [-0.25, -0.2) is 0 Å². The zero-order chi connectivity index (χ0) is 48.7. The number of hydrogen-bond acceptors (Lipinski definition) is 2. The van der Waals surface area contributed by atoms with Gasteiger partial charge in [0.25, 0.3) is 0 Å². The SMILES string of the molecule is C=CC1=CC=CC(N(C2=Cc3c(c(C4CCCCC4)c4c(c3C3CCCCC3)CC(N(/C(CC)=C3\C=CCCC3CC)C3C=CCC5C=CC=CC53)C=C4)CC2)c2ccccc2/C=C\C=C/C)C1CCC. The van der Waals surface area contributed by atoms with Crippen LogP contribution in [0.1, 0.15) is 194 Å². The third-order valence-electron chi connectivity index (χ3n) is 18.4. The lowest BCUT2D eigenvalue weighted by Gasteiger charge is -2.48. The van der Waals surface area contributed by atoms with Crippen LogP contribution >= 0.6 is 0 Å². The monoisotopic (exact) mass is 943 g/mol. The number of rotatable bonds is 15. The van der Waals surface area contributed by atoms with E-state index < -0.39 is 0 Å². The average Bonchev–Trinajstić information content (AvgIpc) is 3.43. The average molecular weight is 943 g/mol. The Balaban J connectivity index is 1.19. The molecule has 0 aliphatic heterocycles. The van der Waals surface area contributed by atoms with Crippen molar-refractivity contribution in [3.05, 3.63) is 190 Å². The molecule has 8 aliphatic rings. The van der Waals surface area contributed by atoms with Gasteiger partial charge in [-0.05, 0) is 176 Å². The minimum absolute atomic E-state index is 0.198. The highest BCUT2D eigenvalue weighted by Gasteiger charge is 2.41. The summed E-state index contributed by atoms with van der Waals surface area (Å²) in [7, 11) is 0. The van der Waals surface area contributed by atoms with E-state index in [4.69, 9.17) is 0 Å². The van der Waals surface area contributed by atoms with E-state index in [1.807, 2.05) is 0 Å². The van der Waals surface area contributed by atoms with Crippen LogP contribution < -0.4 is 4.90 Å². The minimum Gasteiger partial charge on any atom is -0.361 e. The number of para-hydroxylation sites is 1. The molecule has 0 bridgehead atoms. The van der Waals surface area contributed by atoms with E-state index in [1.54, 1.807) is 44.7 Å². The summed E-state index contributed by atoms with van der Waals surface area (Å²) in [4.78, 5) is 5.84. The van der Waals surface area contributed by atoms with Crippen molar-refractivity contribution in [2.45, 2.75) is 186 Å². The maximum atomic E-state index is 4.39. The lowest BCUT2D eigenvalue weighted by molar-refractivity contribution is 0.170. The lowest BCUT2D eigenvalue weighted by Crippen LogP contribution is -2.49. The summed E-state index contributed by atoms with van der Waals surface area (Å²) >= 11 is 0. The number of benzene rings is 2. The summed E-state index contributed by atoms with van der Waals surface area (Å²) in [5.41, 5.74) is 18.9. The van der Waals surface area contributed by atoms with Crippen molar-refractivity contribution in [1.82, 2.24) is 4.90 Å².